The molecular formula is C18H26N2O4S. The zero-order valence-corrected chi connectivity index (χ0v) is 15.8. The molecule has 1 aromatic carbocycles. The zero-order valence-electron chi connectivity index (χ0n) is 14.9. The molecule has 0 bridgehead atoms. The van der Waals surface area contributed by atoms with Crippen LogP contribution in [0.2, 0.25) is 0 Å². The fourth-order valence-electron chi connectivity index (χ4n) is 3.00. The second kappa shape index (κ2) is 7.99. The van der Waals surface area contributed by atoms with E-state index in [0.29, 0.717) is 6.42 Å². The number of hydrogen-bond donors (Lipinski definition) is 1. The number of sulfone groups is 1. The minimum absolute atomic E-state index is 0.00197. The predicted octanol–water partition coefficient (Wildman–Crippen LogP) is 1.02. The number of carbonyl (C=O) groups excluding carboxylic acids is 2. The molecule has 138 valence electrons. The van der Waals surface area contributed by atoms with Crippen molar-refractivity contribution in [1.82, 2.24) is 10.2 Å². The molecule has 1 N–H and O–H groups in total. The highest BCUT2D eigenvalue weighted by Crippen LogP contribution is 2.18. The van der Waals surface area contributed by atoms with Crippen LogP contribution in [0, 0.1) is 5.92 Å². The molecule has 2 amide bonds. The van der Waals surface area contributed by atoms with E-state index in [4.69, 9.17) is 0 Å². The molecule has 6 nitrogen and oxygen atoms in total. The molecule has 2 rings (SSSR count). The van der Waals surface area contributed by atoms with Crippen molar-refractivity contribution in [2.45, 2.75) is 38.8 Å². The van der Waals surface area contributed by atoms with E-state index in [9.17, 15) is 18.0 Å². The summed E-state index contributed by atoms with van der Waals surface area (Å²) in [6, 6.07) is 8.35. The second-order valence-corrected chi connectivity index (χ2v) is 9.19. The summed E-state index contributed by atoms with van der Waals surface area (Å²) in [5.41, 5.74) is 0.880. The maximum absolute atomic E-state index is 12.8. The van der Waals surface area contributed by atoms with E-state index in [-0.39, 0.29) is 41.7 Å². The van der Waals surface area contributed by atoms with Gasteiger partial charge in [-0.3, -0.25) is 9.59 Å². The van der Waals surface area contributed by atoms with Gasteiger partial charge in [-0.15, -0.1) is 0 Å². The van der Waals surface area contributed by atoms with Crippen LogP contribution in [0.3, 0.4) is 0 Å². The molecule has 0 aromatic heterocycles. The van der Waals surface area contributed by atoms with E-state index in [1.807, 2.05) is 44.2 Å². The summed E-state index contributed by atoms with van der Waals surface area (Å²) in [6.07, 6.45) is 0.659. The first-order valence-corrected chi connectivity index (χ1v) is 10.3. The molecule has 1 saturated heterocycles. The third-order valence-corrected chi connectivity index (χ3v) is 6.31. The number of benzene rings is 1. The summed E-state index contributed by atoms with van der Waals surface area (Å²) in [5.74, 6) is -0.433. The fraction of sp³-hybridized carbons (Fsp3) is 0.556. The number of nitrogens with one attached hydrogen (secondary N) is 1. The summed E-state index contributed by atoms with van der Waals surface area (Å²) in [5, 5.41) is 2.81. The van der Waals surface area contributed by atoms with Crippen molar-refractivity contribution in [2.75, 3.05) is 18.6 Å². The Morgan fingerprint density at radius 1 is 1.24 bits per heavy atom. The third-order valence-electron chi connectivity index (χ3n) is 4.56. The Hall–Kier alpha value is -1.89. The molecule has 7 heteroatoms. The topological polar surface area (TPSA) is 83.6 Å². The van der Waals surface area contributed by atoms with Crippen molar-refractivity contribution < 1.29 is 18.0 Å². The maximum Gasteiger partial charge on any atom is 0.245 e. The molecule has 0 radical (unpaired) electrons. The van der Waals surface area contributed by atoms with Crippen molar-refractivity contribution in [3.8, 4) is 0 Å². The highest BCUT2D eigenvalue weighted by molar-refractivity contribution is 7.91. The van der Waals surface area contributed by atoms with Gasteiger partial charge >= 0.3 is 0 Å². The molecule has 0 saturated carbocycles. The lowest BCUT2D eigenvalue weighted by atomic mass is 10.0. The Bertz CT molecular complexity index is 716. The van der Waals surface area contributed by atoms with E-state index >= 15 is 0 Å². The van der Waals surface area contributed by atoms with Crippen molar-refractivity contribution in [1.29, 1.82) is 0 Å². The molecular weight excluding hydrogens is 340 g/mol. The monoisotopic (exact) mass is 366 g/mol. The average Bonchev–Trinajstić information content (AvgIpc) is 2.92. The Balaban J connectivity index is 2.01. The Kier molecular flexibility index (Phi) is 6.21. The van der Waals surface area contributed by atoms with Crippen molar-refractivity contribution >= 4 is 21.7 Å². The van der Waals surface area contributed by atoms with E-state index in [1.54, 1.807) is 7.05 Å². The van der Waals surface area contributed by atoms with Crippen molar-refractivity contribution in [3.05, 3.63) is 35.9 Å². The maximum atomic E-state index is 12.8. The number of nitrogens with zero attached hydrogens (tertiary/aromatic N) is 1. The molecule has 0 aliphatic carbocycles. The van der Waals surface area contributed by atoms with Crippen molar-refractivity contribution in [3.63, 3.8) is 0 Å². The van der Waals surface area contributed by atoms with Gasteiger partial charge in [-0.2, -0.15) is 0 Å². The standard InChI is InChI=1S/C18H26N2O4S/c1-13(2)17(19-16(21)11-14-7-5-4-6-8-14)18(22)20(3)15-9-10-25(23,24)12-15/h4-8,13,15,17H,9-12H2,1-3H3,(H,19,21). The zero-order chi connectivity index (χ0) is 18.6. The van der Waals surface area contributed by atoms with Gasteiger partial charge in [-0.1, -0.05) is 44.2 Å². The summed E-state index contributed by atoms with van der Waals surface area (Å²) < 4.78 is 23.3. The first kappa shape index (κ1) is 19.4. The van der Waals surface area contributed by atoms with Gasteiger partial charge < -0.3 is 10.2 Å². The van der Waals surface area contributed by atoms with Crippen LogP contribution in [0.4, 0.5) is 0 Å². The molecule has 25 heavy (non-hydrogen) atoms. The number of amides is 2. The van der Waals surface area contributed by atoms with Gasteiger partial charge in [0.2, 0.25) is 11.8 Å². The van der Waals surface area contributed by atoms with Crippen LogP contribution in [0.25, 0.3) is 0 Å². The summed E-state index contributed by atoms with van der Waals surface area (Å²) in [7, 11) is -1.45. The highest BCUT2D eigenvalue weighted by atomic mass is 32.2. The molecule has 2 unspecified atom stereocenters. The average molecular weight is 366 g/mol. The first-order chi connectivity index (χ1) is 11.7. The lowest BCUT2D eigenvalue weighted by Crippen LogP contribution is -2.53. The summed E-state index contributed by atoms with van der Waals surface area (Å²) >= 11 is 0. The van der Waals surface area contributed by atoms with Crippen LogP contribution in [0.5, 0.6) is 0 Å². The first-order valence-electron chi connectivity index (χ1n) is 8.50. The molecule has 1 aliphatic rings. The molecule has 0 spiro atoms. The SMILES string of the molecule is CC(C)C(NC(=O)Cc1ccccc1)C(=O)N(C)C1CCS(=O)(=O)C1. The van der Waals surface area contributed by atoms with E-state index in [0.717, 1.165) is 5.56 Å². The lowest BCUT2D eigenvalue weighted by Gasteiger charge is -2.30. The Morgan fingerprint density at radius 2 is 1.88 bits per heavy atom. The smallest absolute Gasteiger partial charge is 0.245 e. The Morgan fingerprint density at radius 3 is 2.40 bits per heavy atom. The van der Waals surface area contributed by atoms with Gasteiger partial charge in [0.25, 0.3) is 0 Å². The van der Waals surface area contributed by atoms with E-state index in [1.165, 1.54) is 4.90 Å². The van der Waals surface area contributed by atoms with Crippen LogP contribution < -0.4 is 5.32 Å². The normalized spacial score (nSPS) is 20.2. The largest absolute Gasteiger partial charge is 0.344 e. The van der Waals surface area contributed by atoms with Crippen LogP contribution >= 0.6 is 0 Å². The quantitative estimate of drug-likeness (QED) is 0.815. The van der Waals surface area contributed by atoms with Crippen LogP contribution in [0.15, 0.2) is 30.3 Å². The van der Waals surface area contributed by atoms with Gasteiger partial charge in [-0.25, -0.2) is 8.42 Å². The van der Waals surface area contributed by atoms with E-state index < -0.39 is 15.9 Å². The van der Waals surface area contributed by atoms with Gasteiger partial charge in [0, 0.05) is 13.1 Å². The van der Waals surface area contributed by atoms with E-state index in [2.05, 4.69) is 5.32 Å². The number of carbonyl (C=O) groups is 2. The van der Waals surface area contributed by atoms with Gasteiger partial charge in [0.05, 0.1) is 17.9 Å². The van der Waals surface area contributed by atoms with Crippen LogP contribution in [-0.2, 0) is 25.8 Å². The van der Waals surface area contributed by atoms with Crippen molar-refractivity contribution in [2.24, 2.45) is 5.92 Å². The molecule has 1 aliphatic heterocycles. The predicted molar refractivity (Wildman–Crippen MR) is 96.7 cm³/mol. The summed E-state index contributed by atoms with van der Waals surface area (Å²) in [4.78, 5) is 26.6. The minimum atomic E-state index is -3.06. The number of likely N-dealkylation sites (N-methyl/N-ethyl adjacent to an activating group) is 1. The molecule has 1 heterocycles. The van der Waals surface area contributed by atoms with Crippen LogP contribution in [0.1, 0.15) is 25.8 Å². The molecule has 1 fully saturated rings. The fourth-order valence-corrected chi connectivity index (χ4v) is 4.77. The number of rotatable bonds is 6. The lowest BCUT2D eigenvalue weighted by molar-refractivity contribution is -0.137. The minimum Gasteiger partial charge on any atom is -0.344 e. The highest BCUT2D eigenvalue weighted by Gasteiger charge is 2.36. The molecule has 1 aromatic rings. The third kappa shape index (κ3) is 5.29. The van der Waals surface area contributed by atoms with Crippen LogP contribution in [-0.4, -0.2) is 55.8 Å². The number of hydrogen-bond acceptors (Lipinski definition) is 4. The summed E-state index contributed by atoms with van der Waals surface area (Å²) in [6.45, 7) is 3.73. The van der Waals surface area contributed by atoms with Gasteiger partial charge in [0.1, 0.15) is 6.04 Å². The van der Waals surface area contributed by atoms with Gasteiger partial charge in [0.15, 0.2) is 9.84 Å². The van der Waals surface area contributed by atoms with Gasteiger partial charge in [-0.05, 0) is 17.9 Å². The molecule has 2 atom stereocenters. The second-order valence-electron chi connectivity index (χ2n) is 6.96. The Labute approximate surface area is 149 Å².